The van der Waals surface area contributed by atoms with E-state index in [0.717, 1.165) is 0 Å². The number of hydrogen-bond donors (Lipinski definition) is 1. The predicted molar refractivity (Wildman–Crippen MR) is 29.3 cm³/mol. The van der Waals surface area contributed by atoms with Gasteiger partial charge in [0, 0.05) is 5.56 Å². The second-order valence-electron chi connectivity index (χ2n) is 1.59. The molecular formula is C6H5NO2. The number of furan rings is 1. The zero-order chi connectivity index (χ0) is 6.69. The van der Waals surface area contributed by atoms with Crippen molar-refractivity contribution in [3.8, 4) is 6.07 Å². The molecule has 1 aromatic rings. The topological polar surface area (TPSA) is 57.2 Å². The van der Waals surface area contributed by atoms with Crippen molar-refractivity contribution in [3.63, 3.8) is 0 Å². The van der Waals surface area contributed by atoms with Gasteiger partial charge in [0.1, 0.15) is 0 Å². The Hall–Kier alpha value is -1.27. The maximum Gasteiger partial charge on any atom is 0.168 e. The molecule has 0 aliphatic rings. The lowest BCUT2D eigenvalue weighted by molar-refractivity contribution is 0.235. The minimum absolute atomic E-state index is 0.498. The van der Waals surface area contributed by atoms with Crippen LogP contribution in [0, 0.1) is 11.3 Å². The van der Waals surface area contributed by atoms with Crippen molar-refractivity contribution in [3.05, 3.63) is 24.2 Å². The summed E-state index contributed by atoms with van der Waals surface area (Å²) in [4.78, 5) is 0. The van der Waals surface area contributed by atoms with E-state index >= 15 is 0 Å². The molecule has 0 aromatic carbocycles. The lowest BCUT2D eigenvalue weighted by atomic mass is 10.2. The first kappa shape index (κ1) is 5.86. The van der Waals surface area contributed by atoms with Gasteiger partial charge in [0.15, 0.2) is 6.10 Å². The number of nitrogens with zero attached hydrogens (tertiary/aromatic N) is 1. The van der Waals surface area contributed by atoms with Gasteiger partial charge in [-0.2, -0.15) is 5.26 Å². The zero-order valence-electron chi connectivity index (χ0n) is 4.61. The quantitative estimate of drug-likeness (QED) is 0.563. The van der Waals surface area contributed by atoms with Gasteiger partial charge < -0.3 is 9.52 Å². The van der Waals surface area contributed by atoms with Crippen molar-refractivity contribution in [2.75, 3.05) is 0 Å². The Morgan fingerprint density at radius 1 is 1.78 bits per heavy atom. The first-order chi connectivity index (χ1) is 4.34. The average Bonchev–Trinajstić information content (AvgIpc) is 2.37. The van der Waals surface area contributed by atoms with E-state index in [2.05, 4.69) is 4.42 Å². The smallest absolute Gasteiger partial charge is 0.168 e. The van der Waals surface area contributed by atoms with Crippen LogP contribution in [-0.4, -0.2) is 5.11 Å². The highest BCUT2D eigenvalue weighted by Crippen LogP contribution is 2.10. The van der Waals surface area contributed by atoms with E-state index in [1.807, 2.05) is 0 Å². The fourth-order valence-electron chi connectivity index (χ4n) is 0.505. The molecule has 0 saturated carbocycles. The molecular weight excluding hydrogens is 118 g/mol. The first-order valence-electron chi connectivity index (χ1n) is 2.44. The lowest BCUT2D eigenvalue weighted by Gasteiger charge is -1.91. The highest BCUT2D eigenvalue weighted by atomic mass is 16.3. The Kier molecular flexibility index (Phi) is 1.52. The third-order valence-electron chi connectivity index (χ3n) is 0.981. The normalized spacial score (nSPS) is 12.4. The highest BCUT2D eigenvalue weighted by Gasteiger charge is 2.04. The van der Waals surface area contributed by atoms with Crippen LogP contribution in [0.15, 0.2) is 23.0 Å². The van der Waals surface area contributed by atoms with Gasteiger partial charge in [-0.3, -0.25) is 0 Å². The molecule has 3 heteroatoms. The number of aliphatic hydroxyl groups is 1. The van der Waals surface area contributed by atoms with E-state index in [0.29, 0.717) is 5.56 Å². The molecule has 0 radical (unpaired) electrons. The highest BCUT2D eigenvalue weighted by molar-refractivity contribution is 5.14. The van der Waals surface area contributed by atoms with Crippen molar-refractivity contribution < 1.29 is 9.52 Å². The molecule has 0 bridgehead atoms. The Balaban J connectivity index is 2.80. The van der Waals surface area contributed by atoms with Gasteiger partial charge in [-0.1, -0.05) is 0 Å². The van der Waals surface area contributed by atoms with Crippen molar-refractivity contribution in [2.24, 2.45) is 0 Å². The molecule has 1 rings (SSSR count). The van der Waals surface area contributed by atoms with E-state index in [1.54, 1.807) is 12.1 Å². The van der Waals surface area contributed by atoms with E-state index in [4.69, 9.17) is 10.4 Å². The second-order valence-corrected chi connectivity index (χ2v) is 1.59. The van der Waals surface area contributed by atoms with Gasteiger partial charge >= 0.3 is 0 Å². The minimum Gasteiger partial charge on any atom is -0.472 e. The first-order valence-corrected chi connectivity index (χ1v) is 2.44. The Bertz CT molecular complexity index is 209. The minimum atomic E-state index is -1.05. The Labute approximate surface area is 52.1 Å². The maximum absolute atomic E-state index is 8.80. The Morgan fingerprint density at radius 3 is 3.00 bits per heavy atom. The average molecular weight is 123 g/mol. The van der Waals surface area contributed by atoms with Crippen LogP contribution in [0.4, 0.5) is 0 Å². The molecule has 1 aromatic heterocycles. The maximum atomic E-state index is 8.80. The fraction of sp³-hybridized carbons (Fsp3) is 0.167. The summed E-state index contributed by atoms with van der Waals surface area (Å²) in [6.45, 7) is 0. The second kappa shape index (κ2) is 2.33. The molecule has 1 unspecified atom stereocenters. The molecule has 1 N–H and O–H groups in total. The fourth-order valence-corrected chi connectivity index (χ4v) is 0.505. The van der Waals surface area contributed by atoms with E-state index in [1.165, 1.54) is 12.5 Å². The largest absolute Gasteiger partial charge is 0.472 e. The molecule has 46 valence electrons. The molecule has 0 spiro atoms. The van der Waals surface area contributed by atoms with Crippen LogP contribution in [0.2, 0.25) is 0 Å². The third kappa shape index (κ3) is 1.09. The van der Waals surface area contributed by atoms with Crippen LogP contribution in [0.5, 0.6) is 0 Å². The molecule has 9 heavy (non-hydrogen) atoms. The summed E-state index contributed by atoms with van der Waals surface area (Å²) < 4.78 is 4.63. The summed E-state index contributed by atoms with van der Waals surface area (Å²) in [7, 11) is 0. The van der Waals surface area contributed by atoms with E-state index in [-0.39, 0.29) is 0 Å². The molecule has 1 heterocycles. The summed E-state index contributed by atoms with van der Waals surface area (Å²) in [5.41, 5.74) is 0.498. The van der Waals surface area contributed by atoms with Gasteiger partial charge in [0.05, 0.1) is 18.6 Å². The van der Waals surface area contributed by atoms with Crippen molar-refractivity contribution in [1.82, 2.24) is 0 Å². The van der Waals surface area contributed by atoms with Crippen LogP contribution < -0.4 is 0 Å². The van der Waals surface area contributed by atoms with Crippen molar-refractivity contribution >= 4 is 0 Å². The van der Waals surface area contributed by atoms with Crippen LogP contribution in [0.3, 0.4) is 0 Å². The summed E-state index contributed by atoms with van der Waals surface area (Å²) in [5.74, 6) is 0. The Morgan fingerprint density at radius 2 is 2.56 bits per heavy atom. The van der Waals surface area contributed by atoms with Crippen LogP contribution in [0.25, 0.3) is 0 Å². The lowest BCUT2D eigenvalue weighted by Crippen LogP contribution is -1.88. The zero-order valence-corrected chi connectivity index (χ0v) is 4.61. The number of aliphatic hydroxyl groups excluding tert-OH is 1. The predicted octanol–water partition coefficient (Wildman–Crippen LogP) is 0.837. The van der Waals surface area contributed by atoms with E-state index in [9.17, 15) is 0 Å². The molecule has 0 amide bonds. The summed E-state index contributed by atoms with van der Waals surface area (Å²) in [6.07, 6.45) is 1.70. The number of nitriles is 1. The number of hydrogen-bond acceptors (Lipinski definition) is 3. The van der Waals surface area contributed by atoms with Gasteiger partial charge in [-0.15, -0.1) is 0 Å². The van der Waals surface area contributed by atoms with Gasteiger partial charge in [-0.25, -0.2) is 0 Å². The molecule has 1 atom stereocenters. The molecule has 0 aliphatic heterocycles. The van der Waals surface area contributed by atoms with Gasteiger partial charge in [0.2, 0.25) is 0 Å². The molecule has 0 aliphatic carbocycles. The van der Waals surface area contributed by atoms with Crippen LogP contribution in [-0.2, 0) is 0 Å². The summed E-state index contributed by atoms with van der Waals surface area (Å²) in [6, 6.07) is 3.21. The summed E-state index contributed by atoms with van der Waals surface area (Å²) >= 11 is 0. The molecule has 3 nitrogen and oxygen atoms in total. The monoisotopic (exact) mass is 123 g/mol. The van der Waals surface area contributed by atoms with Crippen LogP contribution >= 0.6 is 0 Å². The summed E-state index contributed by atoms with van der Waals surface area (Å²) in [5, 5.41) is 17.0. The standard InChI is InChI=1S/C6H5NO2/c7-3-6(8)5-1-2-9-4-5/h1-2,4,6,8H. The SMILES string of the molecule is N#CC(O)c1ccoc1. The molecule has 0 fully saturated rings. The van der Waals surface area contributed by atoms with Crippen molar-refractivity contribution in [2.45, 2.75) is 6.10 Å². The molecule has 0 saturated heterocycles. The third-order valence-corrected chi connectivity index (χ3v) is 0.981. The van der Waals surface area contributed by atoms with E-state index < -0.39 is 6.10 Å². The van der Waals surface area contributed by atoms with Gasteiger partial charge in [0.25, 0.3) is 0 Å². The van der Waals surface area contributed by atoms with Gasteiger partial charge in [-0.05, 0) is 6.07 Å². The van der Waals surface area contributed by atoms with Crippen molar-refractivity contribution in [1.29, 1.82) is 5.26 Å². The van der Waals surface area contributed by atoms with Crippen LogP contribution in [0.1, 0.15) is 11.7 Å². The number of rotatable bonds is 1.